The van der Waals surface area contributed by atoms with Crippen LogP contribution in [0.15, 0.2) is 34.8 Å². The Bertz CT molecular complexity index is 923. The third-order valence-electron chi connectivity index (χ3n) is 3.93. The van der Waals surface area contributed by atoms with Crippen LogP contribution in [0.25, 0.3) is 11.6 Å². The van der Waals surface area contributed by atoms with E-state index in [9.17, 15) is 18.0 Å². The van der Waals surface area contributed by atoms with Crippen LogP contribution in [-0.4, -0.2) is 20.1 Å². The van der Waals surface area contributed by atoms with Gasteiger partial charge < -0.3 is 14.8 Å². The average Bonchev–Trinajstić information content (AvgIpc) is 2.90. The molecule has 0 bridgehead atoms. The summed E-state index contributed by atoms with van der Waals surface area (Å²) in [6, 6.07) is 6.53. The van der Waals surface area contributed by atoms with Crippen LogP contribution in [0.4, 0.5) is 18.9 Å². The molecule has 1 amide bonds. The van der Waals surface area contributed by atoms with Crippen LogP contribution in [-0.2, 0) is 11.0 Å². The molecular formula is C18H13BrF3NO3. The number of halogens is 4. The highest BCUT2D eigenvalue weighted by Crippen LogP contribution is 2.40. The lowest BCUT2D eigenvalue weighted by Crippen LogP contribution is -2.06. The number of methoxy groups -OCH3 is 2. The van der Waals surface area contributed by atoms with Gasteiger partial charge in [0.2, 0.25) is 0 Å². The predicted octanol–water partition coefficient (Wildman–Crippen LogP) is 4.98. The molecule has 1 aliphatic heterocycles. The van der Waals surface area contributed by atoms with E-state index in [0.717, 1.165) is 12.1 Å². The summed E-state index contributed by atoms with van der Waals surface area (Å²) in [5.74, 6) is 0.502. The maximum absolute atomic E-state index is 12.8. The number of amides is 1. The van der Waals surface area contributed by atoms with Gasteiger partial charge in [0.15, 0.2) is 11.5 Å². The second kappa shape index (κ2) is 6.68. The molecule has 2 aromatic carbocycles. The predicted molar refractivity (Wildman–Crippen MR) is 95.2 cm³/mol. The van der Waals surface area contributed by atoms with E-state index in [2.05, 4.69) is 21.2 Å². The van der Waals surface area contributed by atoms with Gasteiger partial charge in [-0.05, 0) is 35.9 Å². The van der Waals surface area contributed by atoms with Crippen LogP contribution in [0.2, 0.25) is 0 Å². The minimum Gasteiger partial charge on any atom is -0.493 e. The van der Waals surface area contributed by atoms with Crippen molar-refractivity contribution in [2.45, 2.75) is 6.18 Å². The van der Waals surface area contributed by atoms with Gasteiger partial charge in [0.1, 0.15) is 0 Å². The molecule has 8 heteroatoms. The van der Waals surface area contributed by atoms with Gasteiger partial charge in [-0.1, -0.05) is 22.0 Å². The first-order chi connectivity index (χ1) is 12.2. The largest absolute Gasteiger partial charge is 0.493 e. The average molecular weight is 428 g/mol. The lowest BCUT2D eigenvalue weighted by atomic mass is 10.0. The molecule has 0 fully saturated rings. The Morgan fingerprint density at radius 3 is 2.35 bits per heavy atom. The molecule has 0 aromatic heterocycles. The molecule has 0 unspecified atom stereocenters. The van der Waals surface area contributed by atoms with Crippen LogP contribution in [0.1, 0.15) is 16.7 Å². The van der Waals surface area contributed by atoms with Crippen LogP contribution in [0.3, 0.4) is 0 Å². The van der Waals surface area contributed by atoms with Crippen LogP contribution >= 0.6 is 15.9 Å². The number of hydrogen-bond acceptors (Lipinski definition) is 3. The van der Waals surface area contributed by atoms with Gasteiger partial charge in [-0.3, -0.25) is 4.79 Å². The van der Waals surface area contributed by atoms with Gasteiger partial charge in [-0.15, -0.1) is 0 Å². The van der Waals surface area contributed by atoms with Gasteiger partial charge in [-0.2, -0.15) is 13.2 Å². The van der Waals surface area contributed by atoms with Crippen molar-refractivity contribution in [1.29, 1.82) is 0 Å². The maximum Gasteiger partial charge on any atom is 0.416 e. The normalized spacial score (nSPS) is 15.0. The number of alkyl halides is 3. The number of carbonyl (C=O) groups excluding carboxylic acids is 1. The fraction of sp³-hybridized carbons (Fsp3) is 0.167. The fourth-order valence-corrected chi connectivity index (χ4v) is 3.09. The summed E-state index contributed by atoms with van der Waals surface area (Å²) >= 11 is 3.40. The molecule has 0 saturated heterocycles. The zero-order valence-electron chi connectivity index (χ0n) is 13.7. The zero-order chi connectivity index (χ0) is 19.1. The van der Waals surface area contributed by atoms with Crippen LogP contribution in [0, 0.1) is 0 Å². The third-order valence-corrected chi connectivity index (χ3v) is 4.62. The maximum atomic E-state index is 12.8. The Hall–Kier alpha value is -2.48. The molecule has 1 heterocycles. The molecule has 0 radical (unpaired) electrons. The van der Waals surface area contributed by atoms with E-state index in [4.69, 9.17) is 9.47 Å². The summed E-state index contributed by atoms with van der Waals surface area (Å²) in [5.41, 5.74) is 0.615. The number of fused-ring (bicyclic) bond motifs is 1. The second-order valence-electron chi connectivity index (χ2n) is 5.50. The molecule has 1 N–H and O–H groups in total. The minimum atomic E-state index is -4.47. The van der Waals surface area contributed by atoms with Crippen molar-refractivity contribution in [2.24, 2.45) is 0 Å². The molecule has 3 rings (SSSR count). The Kier molecular flexibility index (Phi) is 4.70. The number of hydrogen-bond donors (Lipinski definition) is 1. The highest BCUT2D eigenvalue weighted by Gasteiger charge is 2.33. The van der Waals surface area contributed by atoms with Crippen molar-refractivity contribution in [3.8, 4) is 11.5 Å². The second-order valence-corrected chi connectivity index (χ2v) is 6.35. The number of carbonyl (C=O) groups is 1. The van der Waals surface area contributed by atoms with Gasteiger partial charge in [0, 0.05) is 21.3 Å². The highest BCUT2D eigenvalue weighted by atomic mass is 79.9. The van der Waals surface area contributed by atoms with E-state index in [0.29, 0.717) is 27.1 Å². The first-order valence-electron chi connectivity index (χ1n) is 7.40. The first-order valence-corrected chi connectivity index (χ1v) is 8.20. The number of benzene rings is 2. The first kappa shape index (κ1) is 18.3. The van der Waals surface area contributed by atoms with Gasteiger partial charge in [0.25, 0.3) is 5.91 Å². The number of rotatable bonds is 3. The third kappa shape index (κ3) is 3.29. The minimum absolute atomic E-state index is 0.132. The molecule has 0 saturated carbocycles. The lowest BCUT2D eigenvalue weighted by Gasteiger charge is -2.10. The standard InChI is InChI=1S/C18H13BrF3NO3/c1-25-15-6-9(13(19)8-16(15)26-2)5-12-11-4-3-10(18(20,21)22)7-14(11)23-17(12)24/h3-8H,1-2H3,(H,23,24)/b12-5-. The van der Waals surface area contributed by atoms with E-state index in [-0.39, 0.29) is 11.3 Å². The summed E-state index contributed by atoms with van der Waals surface area (Å²) < 4.78 is 49.6. The molecule has 0 spiro atoms. The van der Waals surface area contributed by atoms with E-state index >= 15 is 0 Å². The van der Waals surface area contributed by atoms with Gasteiger partial charge in [0.05, 0.1) is 19.8 Å². The number of ether oxygens (including phenoxy) is 2. The Labute approximate surface area is 155 Å². The summed E-state index contributed by atoms with van der Waals surface area (Å²) in [6.07, 6.45) is -2.89. The molecule has 2 aromatic rings. The van der Waals surface area contributed by atoms with Crippen molar-refractivity contribution < 1.29 is 27.4 Å². The van der Waals surface area contributed by atoms with Crippen molar-refractivity contribution in [3.63, 3.8) is 0 Å². The van der Waals surface area contributed by atoms with Crippen LogP contribution < -0.4 is 14.8 Å². The van der Waals surface area contributed by atoms with Crippen molar-refractivity contribution in [2.75, 3.05) is 19.5 Å². The molecule has 0 aliphatic carbocycles. The molecule has 136 valence electrons. The fourth-order valence-electron chi connectivity index (χ4n) is 2.65. The van der Waals surface area contributed by atoms with E-state index in [1.54, 1.807) is 18.2 Å². The number of anilines is 1. The molecule has 0 atom stereocenters. The summed E-state index contributed by atoms with van der Waals surface area (Å²) in [4.78, 5) is 12.3. The Morgan fingerprint density at radius 1 is 1.08 bits per heavy atom. The van der Waals surface area contributed by atoms with Crippen molar-refractivity contribution in [3.05, 3.63) is 51.5 Å². The molecular weight excluding hydrogens is 415 g/mol. The van der Waals surface area contributed by atoms with Crippen LogP contribution in [0.5, 0.6) is 11.5 Å². The van der Waals surface area contributed by atoms with Crippen molar-refractivity contribution in [1.82, 2.24) is 0 Å². The Morgan fingerprint density at radius 2 is 1.73 bits per heavy atom. The topological polar surface area (TPSA) is 47.6 Å². The Balaban J connectivity index is 2.08. The molecule has 4 nitrogen and oxygen atoms in total. The highest BCUT2D eigenvalue weighted by molar-refractivity contribution is 9.10. The van der Waals surface area contributed by atoms with Crippen molar-refractivity contribution >= 4 is 39.2 Å². The SMILES string of the molecule is COc1cc(Br)c(/C=C2\C(=O)Nc3cc(C(F)(F)F)ccc32)cc1OC. The smallest absolute Gasteiger partial charge is 0.416 e. The lowest BCUT2D eigenvalue weighted by molar-refractivity contribution is -0.137. The van der Waals surface area contributed by atoms with Gasteiger partial charge in [-0.25, -0.2) is 0 Å². The monoisotopic (exact) mass is 427 g/mol. The van der Waals surface area contributed by atoms with E-state index in [1.165, 1.54) is 20.3 Å². The van der Waals surface area contributed by atoms with E-state index in [1.807, 2.05) is 0 Å². The molecule has 1 aliphatic rings. The zero-order valence-corrected chi connectivity index (χ0v) is 15.3. The summed E-state index contributed by atoms with van der Waals surface area (Å²) in [6.45, 7) is 0. The van der Waals surface area contributed by atoms with E-state index < -0.39 is 17.6 Å². The van der Waals surface area contributed by atoms with Gasteiger partial charge >= 0.3 is 6.18 Å². The quantitative estimate of drug-likeness (QED) is 0.702. The summed E-state index contributed by atoms with van der Waals surface area (Å²) in [5, 5.41) is 2.47. The summed E-state index contributed by atoms with van der Waals surface area (Å²) in [7, 11) is 2.99. The molecule has 26 heavy (non-hydrogen) atoms. The number of nitrogens with one attached hydrogen (secondary N) is 1.